The Morgan fingerprint density at radius 3 is 2.54 bits per heavy atom. The van der Waals surface area contributed by atoms with Crippen molar-refractivity contribution in [3.05, 3.63) is 51.4 Å². The maximum atomic E-state index is 13.2. The number of hydrogen-bond acceptors (Lipinski definition) is 5. The number of nitrogens with zero attached hydrogens (tertiary/aromatic N) is 1. The first-order chi connectivity index (χ1) is 13.4. The number of nitrogens with one attached hydrogen (secondary N) is 1. The summed E-state index contributed by atoms with van der Waals surface area (Å²) in [4.78, 5) is 25.6. The van der Waals surface area contributed by atoms with Gasteiger partial charge < -0.3 is 10.1 Å². The molecule has 0 aliphatic heterocycles. The molecule has 3 rings (SSSR count). The summed E-state index contributed by atoms with van der Waals surface area (Å²) < 4.78 is 31.5. The summed E-state index contributed by atoms with van der Waals surface area (Å²) in [6.07, 6.45) is 3.64. The Balaban J connectivity index is 1.71. The molecule has 0 unspecified atom stereocenters. The van der Waals surface area contributed by atoms with Crippen molar-refractivity contribution in [3.8, 4) is 6.07 Å². The highest BCUT2D eigenvalue weighted by Gasteiger charge is 2.24. The van der Waals surface area contributed by atoms with Gasteiger partial charge in [-0.2, -0.15) is 5.26 Å². The van der Waals surface area contributed by atoms with E-state index in [1.54, 1.807) is 0 Å². The Morgan fingerprint density at radius 2 is 1.86 bits per heavy atom. The summed E-state index contributed by atoms with van der Waals surface area (Å²) in [5.41, 5.74) is 1.12. The van der Waals surface area contributed by atoms with Crippen molar-refractivity contribution in [1.82, 2.24) is 0 Å². The molecule has 0 saturated heterocycles. The molecule has 0 fully saturated rings. The van der Waals surface area contributed by atoms with Gasteiger partial charge in [0.05, 0.1) is 11.1 Å². The van der Waals surface area contributed by atoms with E-state index in [1.807, 2.05) is 0 Å². The number of benzene rings is 1. The normalized spacial score (nSPS) is 14.4. The van der Waals surface area contributed by atoms with Crippen LogP contribution in [-0.4, -0.2) is 18.0 Å². The Labute approximate surface area is 164 Å². The number of halogens is 2. The molecule has 0 spiro atoms. The number of nitriles is 1. The van der Waals surface area contributed by atoms with Crippen molar-refractivity contribution in [1.29, 1.82) is 5.26 Å². The summed E-state index contributed by atoms with van der Waals surface area (Å²) in [5, 5.41) is 12.6. The molecule has 0 saturated carbocycles. The number of esters is 1. The maximum absolute atomic E-state index is 13.2. The third-order valence-corrected chi connectivity index (χ3v) is 5.73. The zero-order valence-corrected chi connectivity index (χ0v) is 16.0. The van der Waals surface area contributed by atoms with Crippen LogP contribution in [0.3, 0.4) is 0 Å². The van der Waals surface area contributed by atoms with E-state index in [0.29, 0.717) is 16.6 Å². The topological polar surface area (TPSA) is 79.2 Å². The van der Waals surface area contributed by atoms with Crippen LogP contribution in [0.2, 0.25) is 0 Å². The van der Waals surface area contributed by atoms with E-state index in [-0.39, 0.29) is 5.56 Å². The molecule has 28 heavy (non-hydrogen) atoms. The number of fused-ring (bicyclic) bond motifs is 1. The molecule has 1 aromatic carbocycles. The molecule has 1 heterocycles. The molecule has 1 aliphatic carbocycles. The number of rotatable bonds is 4. The summed E-state index contributed by atoms with van der Waals surface area (Å²) in [7, 11) is 0. The van der Waals surface area contributed by atoms with Crippen molar-refractivity contribution in [2.24, 2.45) is 0 Å². The first-order valence-corrected chi connectivity index (χ1v) is 9.73. The average molecular weight is 404 g/mol. The van der Waals surface area contributed by atoms with Gasteiger partial charge in [-0.05, 0) is 50.3 Å². The van der Waals surface area contributed by atoms with Crippen LogP contribution in [0.4, 0.5) is 13.8 Å². The average Bonchev–Trinajstić information content (AvgIpc) is 2.80. The van der Waals surface area contributed by atoms with Gasteiger partial charge in [-0.3, -0.25) is 4.79 Å². The molecule has 1 amide bonds. The molecule has 1 atom stereocenters. The third-order valence-electron chi connectivity index (χ3n) is 4.52. The van der Waals surface area contributed by atoms with Crippen LogP contribution in [0.15, 0.2) is 18.2 Å². The second-order valence-corrected chi connectivity index (χ2v) is 7.68. The Kier molecular flexibility index (Phi) is 6.05. The van der Waals surface area contributed by atoms with E-state index in [0.717, 1.165) is 54.7 Å². The molecule has 146 valence electrons. The summed E-state index contributed by atoms with van der Waals surface area (Å²) >= 11 is 1.37. The van der Waals surface area contributed by atoms with Crippen molar-refractivity contribution < 1.29 is 23.1 Å². The minimum absolute atomic E-state index is 0.322. The fraction of sp³-hybridized carbons (Fsp3) is 0.350. The molecule has 0 bridgehead atoms. The van der Waals surface area contributed by atoms with Crippen LogP contribution in [0, 0.1) is 23.0 Å². The Bertz CT molecular complexity index is 945. The van der Waals surface area contributed by atoms with Crippen LogP contribution in [0.1, 0.15) is 52.5 Å². The largest absolute Gasteiger partial charge is 0.449 e. The third kappa shape index (κ3) is 4.37. The minimum atomic E-state index is -1.20. The van der Waals surface area contributed by atoms with E-state index in [4.69, 9.17) is 4.74 Å². The highest BCUT2D eigenvalue weighted by atomic mass is 32.1. The minimum Gasteiger partial charge on any atom is -0.449 e. The van der Waals surface area contributed by atoms with Gasteiger partial charge in [-0.25, -0.2) is 13.6 Å². The van der Waals surface area contributed by atoms with Gasteiger partial charge in [0.2, 0.25) is 0 Å². The van der Waals surface area contributed by atoms with E-state index in [1.165, 1.54) is 18.3 Å². The predicted molar refractivity (Wildman–Crippen MR) is 100 cm³/mol. The van der Waals surface area contributed by atoms with Crippen LogP contribution in [0.25, 0.3) is 0 Å². The standard InChI is InChI=1S/C20H18F2N2O3S/c1-11(27-20(26)12-7-13(21)9-14(22)8-12)18(25)24-19-16(10-23)15-5-3-2-4-6-17(15)28-19/h7-9,11H,2-6H2,1H3,(H,24,25)/t11-/m0/s1. The number of hydrogen-bond donors (Lipinski definition) is 1. The molecule has 0 radical (unpaired) electrons. The lowest BCUT2D eigenvalue weighted by atomic mass is 10.1. The smallest absolute Gasteiger partial charge is 0.339 e. The van der Waals surface area contributed by atoms with Gasteiger partial charge in [0.25, 0.3) is 5.91 Å². The number of amides is 1. The highest BCUT2D eigenvalue weighted by Crippen LogP contribution is 2.37. The number of thiophene rings is 1. The fourth-order valence-corrected chi connectivity index (χ4v) is 4.36. The number of carbonyl (C=O) groups is 2. The highest BCUT2D eigenvalue weighted by molar-refractivity contribution is 7.16. The molecular formula is C20H18F2N2O3S. The Hall–Kier alpha value is -2.79. The number of anilines is 1. The lowest BCUT2D eigenvalue weighted by Crippen LogP contribution is -2.30. The van der Waals surface area contributed by atoms with Crippen molar-refractivity contribution >= 4 is 28.2 Å². The second kappa shape index (κ2) is 8.48. The maximum Gasteiger partial charge on any atom is 0.339 e. The first-order valence-electron chi connectivity index (χ1n) is 8.91. The van der Waals surface area contributed by atoms with Crippen LogP contribution in [-0.2, 0) is 22.4 Å². The zero-order chi connectivity index (χ0) is 20.3. The number of carbonyl (C=O) groups excluding carboxylic acids is 2. The van der Waals surface area contributed by atoms with E-state index in [2.05, 4.69) is 11.4 Å². The van der Waals surface area contributed by atoms with Gasteiger partial charge in [0.15, 0.2) is 6.10 Å². The molecule has 1 aromatic heterocycles. The van der Waals surface area contributed by atoms with Crippen molar-refractivity contribution in [3.63, 3.8) is 0 Å². The lowest BCUT2D eigenvalue weighted by molar-refractivity contribution is -0.123. The molecule has 8 heteroatoms. The van der Waals surface area contributed by atoms with Gasteiger partial charge >= 0.3 is 5.97 Å². The van der Waals surface area contributed by atoms with Crippen molar-refractivity contribution in [2.75, 3.05) is 5.32 Å². The SMILES string of the molecule is C[C@H](OC(=O)c1cc(F)cc(F)c1)C(=O)Nc1sc2c(c1C#N)CCCCC2. The Morgan fingerprint density at radius 1 is 1.18 bits per heavy atom. The van der Waals surface area contributed by atoms with E-state index < -0.39 is 29.6 Å². The van der Waals surface area contributed by atoms with Crippen LogP contribution in [0.5, 0.6) is 0 Å². The van der Waals surface area contributed by atoms with E-state index in [9.17, 15) is 23.6 Å². The zero-order valence-electron chi connectivity index (χ0n) is 15.2. The predicted octanol–water partition coefficient (Wildman–Crippen LogP) is 4.35. The quantitative estimate of drug-likeness (QED) is 0.607. The second-order valence-electron chi connectivity index (χ2n) is 6.58. The summed E-state index contributed by atoms with van der Waals surface area (Å²) in [6.45, 7) is 1.35. The van der Waals surface area contributed by atoms with Crippen LogP contribution < -0.4 is 5.32 Å². The van der Waals surface area contributed by atoms with Gasteiger partial charge in [-0.15, -0.1) is 11.3 Å². The molecule has 2 aromatic rings. The lowest BCUT2D eigenvalue weighted by Gasteiger charge is -2.13. The molecule has 1 aliphatic rings. The number of ether oxygens (including phenoxy) is 1. The van der Waals surface area contributed by atoms with E-state index >= 15 is 0 Å². The van der Waals surface area contributed by atoms with Crippen molar-refractivity contribution in [2.45, 2.75) is 45.1 Å². The molecular weight excluding hydrogens is 386 g/mol. The molecule has 1 N–H and O–H groups in total. The van der Waals surface area contributed by atoms with Gasteiger partial charge in [0, 0.05) is 10.9 Å². The molecule has 5 nitrogen and oxygen atoms in total. The monoisotopic (exact) mass is 404 g/mol. The van der Waals surface area contributed by atoms with Crippen LogP contribution >= 0.6 is 11.3 Å². The summed E-state index contributed by atoms with van der Waals surface area (Å²) in [6, 6.07) is 4.46. The van der Waals surface area contributed by atoms with Gasteiger partial charge in [-0.1, -0.05) is 6.42 Å². The number of aryl methyl sites for hydroxylation is 1. The van der Waals surface area contributed by atoms with Gasteiger partial charge in [0.1, 0.15) is 22.7 Å². The summed E-state index contributed by atoms with van der Waals surface area (Å²) in [5.74, 6) is -3.45. The first kappa shape index (κ1) is 20.0. The fourth-order valence-electron chi connectivity index (χ4n) is 3.12.